The van der Waals surface area contributed by atoms with Crippen molar-refractivity contribution in [3.8, 4) is 0 Å². The van der Waals surface area contributed by atoms with E-state index in [1.54, 1.807) is 0 Å². The Bertz CT molecular complexity index is 614. The van der Waals surface area contributed by atoms with Crippen molar-refractivity contribution in [1.29, 1.82) is 0 Å². The van der Waals surface area contributed by atoms with Crippen molar-refractivity contribution in [2.45, 2.75) is 13.5 Å². The molecule has 5 heteroatoms. The number of aryl methyl sites for hydroxylation is 1. The lowest BCUT2D eigenvalue weighted by molar-refractivity contribution is 0.496. The highest BCUT2D eigenvalue weighted by atomic mass is 79.9. The van der Waals surface area contributed by atoms with Gasteiger partial charge in [0.2, 0.25) is 0 Å². The third kappa shape index (κ3) is 3.29. The molecule has 0 aliphatic heterocycles. The lowest BCUT2D eigenvalue weighted by atomic mass is 10.1. The zero-order chi connectivity index (χ0) is 14.0. The van der Waals surface area contributed by atoms with Gasteiger partial charge in [0.15, 0.2) is 11.6 Å². The van der Waals surface area contributed by atoms with Gasteiger partial charge in [0.1, 0.15) is 5.82 Å². The number of rotatable bonds is 3. The molecule has 0 atom stereocenters. The van der Waals surface area contributed by atoms with E-state index in [1.165, 1.54) is 0 Å². The molecule has 0 aromatic heterocycles. The monoisotopic (exact) mass is 329 g/mol. The van der Waals surface area contributed by atoms with Crippen LogP contribution in [0.15, 0.2) is 34.8 Å². The Kier molecular flexibility index (Phi) is 4.14. The fourth-order valence-corrected chi connectivity index (χ4v) is 1.92. The molecular formula is C14H11BrF3N. The van der Waals surface area contributed by atoms with Gasteiger partial charge >= 0.3 is 0 Å². The predicted octanol–water partition coefficient (Wildman–Crippen LogP) is 4.79. The first-order valence-electron chi connectivity index (χ1n) is 5.61. The van der Waals surface area contributed by atoms with Crippen LogP contribution in [0.5, 0.6) is 0 Å². The number of halogens is 4. The van der Waals surface area contributed by atoms with Gasteiger partial charge in [-0.2, -0.15) is 0 Å². The van der Waals surface area contributed by atoms with Crippen LogP contribution in [0.1, 0.15) is 11.1 Å². The molecule has 2 aromatic rings. The lowest BCUT2D eigenvalue weighted by Gasteiger charge is -2.09. The van der Waals surface area contributed by atoms with E-state index in [9.17, 15) is 13.2 Å². The zero-order valence-electron chi connectivity index (χ0n) is 10.1. The first kappa shape index (κ1) is 13.9. The number of nitrogens with one attached hydrogen (secondary N) is 1. The van der Waals surface area contributed by atoms with Crippen LogP contribution in [0, 0.1) is 24.4 Å². The minimum Gasteiger partial charge on any atom is -0.379 e. The van der Waals surface area contributed by atoms with Gasteiger partial charge in [0.05, 0.1) is 5.69 Å². The van der Waals surface area contributed by atoms with Crippen LogP contribution < -0.4 is 5.32 Å². The largest absolute Gasteiger partial charge is 0.379 e. The first-order valence-corrected chi connectivity index (χ1v) is 6.40. The van der Waals surface area contributed by atoms with Crippen LogP contribution in [0.4, 0.5) is 18.9 Å². The highest BCUT2D eigenvalue weighted by Gasteiger charge is 2.09. The molecule has 0 fully saturated rings. The molecule has 1 nitrogen and oxygen atoms in total. The fourth-order valence-electron chi connectivity index (χ4n) is 1.67. The van der Waals surface area contributed by atoms with Crippen LogP contribution in [-0.4, -0.2) is 0 Å². The van der Waals surface area contributed by atoms with Gasteiger partial charge in [-0.25, -0.2) is 13.2 Å². The maximum Gasteiger partial charge on any atom is 0.161 e. The fraction of sp³-hybridized carbons (Fsp3) is 0.143. The second-order valence-electron chi connectivity index (χ2n) is 4.18. The summed E-state index contributed by atoms with van der Waals surface area (Å²) in [7, 11) is 0. The van der Waals surface area contributed by atoms with Gasteiger partial charge in [-0.05, 0) is 24.1 Å². The van der Waals surface area contributed by atoms with Gasteiger partial charge < -0.3 is 5.32 Å². The Morgan fingerprint density at radius 3 is 2.37 bits per heavy atom. The Morgan fingerprint density at radius 1 is 1.00 bits per heavy atom. The number of benzene rings is 2. The average molecular weight is 330 g/mol. The third-order valence-corrected chi connectivity index (χ3v) is 3.61. The molecule has 2 rings (SSSR count). The maximum absolute atomic E-state index is 13.4. The van der Waals surface area contributed by atoms with E-state index in [1.807, 2.05) is 25.1 Å². The first-order chi connectivity index (χ1) is 8.97. The Morgan fingerprint density at radius 2 is 1.68 bits per heavy atom. The van der Waals surface area contributed by atoms with Crippen molar-refractivity contribution < 1.29 is 13.2 Å². The highest BCUT2D eigenvalue weighted by molar-refractivity contribution is 9.10. The Balaban J connectivity index is 2.14. The number of hydrogen-bond donors (Lipinski definition) is 1. The topological polar surface area (TPSA) is 12.0 Å². The van der Waals surface area contributed by atoms with Crippen LogP contribution in [-0.2, 0) is 6.54 Å². The van der Waals surface area contributed by atoms with Gasteiger partial charge in [-0.15, -0.1) is 0 Å². The van der Waals surface area contributed by atoms with Crippen LogP contribution >= 0.6 is 15.9 Å². The molecule has 1 N–H and O–H groups in total. The lowest BCUT2D eigenvalue weighted by Crippen LogP contribution is -2.03. The Hall–Kier alpha value is -1.49. The standard InChI is InChI=1S/C14H11BrF3N/c1-8-4-9(2-3-10(8)15)7-19-14-6-12(17)11(16)5-13(14)18/h2-6,19H,7H2,1H3. The van der Waals surface area contributed by atoms with Crippen LogP contribution in [0.2, 0.25) is 0 Å². The minimum atomic E-state index is -1.19. The summed E-state index contributed by atoms with van der Waals surface area (Å²) in [6.45, 7) is 2.27. The zero-order valence-corrected chi connectivity index (χ0v) is 11.7. The molecule has 0 heterocycles. The van der Waals surface area contributed by atoms with Gasteiger partial charge in [0.25, 0.3) is 0 Å². The summed E-state index contributed by atoms with van der Waals surface area (Å²) in [5.74, 6) is -3.08. The summed E-state index contributed by atoms with van der Waals surface area (Å²) in [6.07, 6.45) is 0. The molecule has 0 saturated carbocycles. The smallest absolute Gasteiger partial charge is 0.161 e. The summed E-state index contributed by atoms with van der Waals surface area (Å²) in [5, 5.41) is 2.75. The van der Waals surface area contributed by atoms with Crippen molar-refractivity contribution in [1.82, 2.24) is 0 Å². The molecule has 0 radical (unpaired) electrons. The van der Waals surface area contributed by atoms with E-state index in [0.717, 1.165) is 21.7 Å². The summed E-state index contributed by atoms with van der Waals surface area (Å²) in [4.78, 5) is 0. The minimum absolute atomic E-state index is 0.0560. The van der Waals surface area contributed by atoms with E-state index in [2.05, 4.69) is 21.2 Å². The highest BCUT2D eigenvalue weighted by Crippen LogP contribution is 2.21. The molecule has 0 aliphatic carbocycles. The second kappa shape index (κ2) is 5.65. The molecule has 0 saturated heterocycles. The summed E-state index contributed by atoms with van der Waals surface area (Å²) < 4.78 is 40.2. The number of anilines is 1. The SMILES string of the molecule is Cc1cc(CNc2cc(F)c(F)cc2F)ccc1Br. The van der Waals surface area contributed by atoms with Crippen molar-refractivity contribution >= 4 is 21.6 Å². The molecule has 0 amide bonds. The summed E-state index contributed by atoms with van der Waals surface area (Å²) >= 11 is 3.38. The molecule has 0 unspecified atom stereocenters. The predicted molar refractivity (Wildman–Crippen MR) is 72.5 cm³/mol. The van der Waals surface area contributed by atoms with E-state index in [0.29, 0.717) is 12.6 Å². The average Bonchev–Trinajstić information content (AvgIpc) is 2.36. The van der Waals surface area contributed by atoms with E-state index >= 15 is 0 Å². The van der Waals surface area contributed by atoms with Crippen molar-refractivity contribution in [3.05, 3.63) is 63.4 Å². The van der Waals surface area contributed by atoms with Gasteiger partial charge in [-0.3, -0.25) is 0 Å². The van der Waals surface area contributed by atoms with Crippen molar-refractivity contribution in [2.75, 3.05) is 5.32 Å². The van der Waals surface area contributed by atoms with Gasteiger partial charge in [0, 0.05) is 23.2 Å². The van der Waals surface area contributed by atoms with E-state index in [4.69, 9.17) is 0 Å². The third-order valence-electron chi connectivity index (χ3n) is 2.72. The molecular weight excluding hydrogens is 319 g/mol. The molecule has 100 valence electrons. The van der Waals surface area contributed by atoms with Crippen LogP contribution in [0.3, 0.4) is 0 Å². The molecule has 0 spiro atoms. The van der Waals surface area contributed by atoms with Crippen molar-refractivity contribution in [2.24, 2.45) is 0 Å². The summed E-state index contributed by atoms with van der Waals surface area (Å²) in [6, 6.07) is 7.02. The van der Waals surface area contributed by atoms with Crippen LogP contribution in [0.25, 0.3) is 0 Å². The number of hydrogen-bond acceptors (Lipinski definition) is 1. The molecule has 0 bridgehead atoms. The van der Waals surface area contributed by atoms with Gasteiger partial charge in [-0.1, -0.05) is 28.1 Å². The molecule has 0 aliphatic rings. The second-order valence-corrected chi connectivity index (χ2v) is 5.04. The summed E-state index contributed by atoms with van der Waals surface area (Å²) in [5.41, 5.74) is 1.91. The molecule has 2 aromatic carbocycles. The molecule has 19 heavy (non-hydrogen) atoms. The normalized spacial score (nSPS) is 10.6. The maximum atomic E-state index is 13.4. The van der Waals surface area contributed by atoms with E-state index in [-0.39, 0.29) is 5.69 Å². The van der Waals surface area contributed by atoms with E-state index < -0.39 is 17.5 Å². The van der Waals surface area contributed by atoms with Crippen molar-refractivity contribution in [3.63, 3.8) is 0 Å². The quantitative estimate of drug-likeness (QED) is 0.798. The Labute approximate surface area is 117 Å².